The van der Waals surface area contributed by atoms with Gasteiger partial charge in [-0.1, -0.05) is 12.1 Å². The molecule has 0 saturated carbocycles. The molecule has 0 spiro atoms. The molecule has 2 N–H and O–H groups in total. The Morgan fingerprint density at radius 2 is 1.92 bits per heavy atom. The van der Waals surface area contributed by atoms with Gasteiger partial charge in [0, 0.05) is 37.6 Å². The zero-order valence-electron chi connectivity index (χ0n) is 21.5. The van der Waals surface area contributed by atoms with Crippen molar-refractivity contribution in [3.63, 3.8) is 0 Å². The molecule has 0 unspecified atom stereocenters. The van der Waals surface area contributed by atoms with Crippen LogP contribution < -0.4 is 14.8 Å². The van der Waals surface area contributed by atoms with Gasteiger partial charge in [0.15, 0.2) is 11.5 Å². The van der Waals surface area contributed by atoms with Crippen molar-refractivity contribution in [1.29, 1.82) is 0 Å². The topological polar surface area (TPSA) is 88.8 Å². The van der Waals surface area contributed by atoms with Crippen molar-refractivity contribution in [2.24, 2.45) is 0 Å². The molecule has 3 heterocycles. The molecule has 2 aromatic heterocycles. The Bertz CT molecular complexity index is 1500. The molecular formula is C29H29FN4O4. The van der Waals surface area contributed by atoms with Gasteiger partial charge in [-0.15, -0.1) is 0 Å². The first-order valence-electron chi connectivity index (χ1n) is 12.2. The number of carbonyl (C=O) groups is 1. The summed E-state index contributed by atoms with van der Waals surface area (Å²) in [6.45, 7) is 3.10. The van der Waals surface area contributed by atoms with E-state index in [0.717, 1.165) is 22.4 Å². The first-order chi connectivity index (χ1) is 18.4. The van der Waals surface area contributed by atoms with Gasteiger partial charge >= 0.3 is 0 Å². The molecule has 1 aliphatic rings. The fourth-order valence-electron chi connectivity index (χ4n) is 4.79. The van der Waals surface area contributed by atoms with Crippen LogP contribution in [0, 0.1) is 12.7 Å². The largest absolute Gasteiger partial charge is 0.493 e. The number of halogens is 1. The summed E-state index contributed by atoms with van der Waals surface area (Å²) >= 11 is 0. The Kier molecular flexibility index (Phi) is 7.02. The highest BCUT2D eigenvalue weighted by atomic mass is 19.1. The fourth-order valence-corrected chi connectivity index (χ4v) is 4.79. The van der Waals surface area contributed by atoms with Gasteiger partial charge < -0.3 is 29.4 Å². The predicted octanol–water partition coefficient (Wildman–Crippen LogP) is 4.91. The van der Waals surface area contributed by atoms with Crippen molar-refractivity contribution in [3.8, 4) is 22.6 Å². The first-order valence-corrected chi connectivity index (χ1v) is 12.2. The number of carbonyl (C=O) groups excluding carboxylic acids is 1. The Hall–Kier alpha value is -4.37. The van der Waals surface area contributed by atoms with Crippen LogP contribution in [0.1, 0.15) is 27.2 Å². The minimum absolute atomic E-state index is 0.137. The number of amides is 1. The van der Waals surface area contributed by atoms with Crippen molar-refractivity contribution in [2.45, 2.75) is 26.6 Å². The number of aryl methyl sites for hydroxylation is 1. The van der Waals surface area contributed by atoms with E-state index in [2.05, 4.69) is 10.3 Å². The van der Waals surface area contributed by atoms with Gasteiger partial charge in [-0.2, -0.15) is 0 Å². The summed E-state index contributed by atoms with van der Waals surface area (Å²) in [4.78, 5) is 19.6. The van der Waals surface area contributed by atoms with Crippen molar-refractivity contribution in [1.82, 2.24) is 14.5 Å². The molecule has 4 aromatic rings. The Balaban J connectivity index is 1.41. The third kappa shape index (κ3) is 4.80. The van der Waals surface area contributed by atoms with Gasteiger partial charge in [-0.05, 0) is 65.6 Å². The lowest BCUT2D eigenvalue weighted by Gasteiger charge is -2.29. The lowest BCUT2D eigenvalue weighted by atomic mass is 10.0. The van der Waals surface area contributed by atoms with Gasteiger partial charge in [0.05, 0.1) is 26.5 Å². The number of aliphatic hydroxyl groups is 1. The van der Waals surface area contributed by atoms with Crippen LogP contribution in [-0.4, -0.2) is 46.2 Å². The Morgan fingerprint density at radius 1 is 1.08 bits per heavy atom. The fraction of sp³-hybridized carbons (Fsp3) is 0.241. The number of anilines is 2. The average molecular weight is 517 g/mol. The van der Waals surface area contributed by atoms with Crippen molar-refractivity contribution >= 4 is 17.4 Å². The summed E-state index contributed by atoms with van der Waals surface area (Å²) in [6.07, 6.45) is 3.76. The molecular weight excluding hydrogens is 487 g/mol. The summed E-state index contributed by atoms with van der Waals surface area (Å²) in [7, 11) is 3.17. The average Bonchev–Trinajstić information content (AvgIpc) is 3.36. The molecule has 0 saturated heterocycles. The van der Waals surface area contributed by atoms with Crippen LogP contribution in [0.15, 0.2) is 60.9 Å². The third-order valence-electron chi connectivity index (χ3n) is 6.79. The maximum atomic E-state index is 13.8. The van der Waals surface area contributed by atoms with Crippen LogP contribution in [0.25, 0.3) is 11.1 Å². The summed E-state index contributed by atoms with van der Waals surface area (Å²) in [5, 5.41) is 12.9. The normalized spacial score (nSPS) is 12.9. The van der Waals surface area contributed by atoms with E-state index < -0.39 is 5.82 Å². The molecule has 0 bridgehead atoms. The lowest BCUT2D eigenvalue weighted by Crippen LogP contribution is -2.39. The van der Waals surface area contributed by atoms with Crippen LogP contribution in [0.2, 0.25) is 0 Å². The number of pyridine rings is 1. The number of aromatic nitrogens is 2. The number of para-hydroxylation sites is 1. The molecule has 0 atom stereocenters. The number of benzene rings is 2. The van der Waals surface area contributed by atoms with Gasteiger partial charge in [-0.3, -0.25) is 4.79 Å². The van der Waals surface area contributed by atoms with E-state index in [4.69, 9.17) is 9.47 Å². The maximum Gasteiger partial charge on any atom is 0.270 e. The molecule has 0 aliphatic carbocycles. The van der Waals surface area contributed by atoms with E-state index in [1.165, 1.54) is 12.1 Å². The highest BCUT2D eigenvalue weighted by Crippen LogP contribution is 2.37. The van der Waals surface area contributed by atoms with Gasteiger partial charge in [0.1, 0.15) is 17.3 Å². The predicted molar refractivity (Wildman–Crippen MR) is 142 cm³/mol. The van der Waals surface area contributed by atoms with E-state index in [1.807, 2.05) is 48.0 Å². The molecule has 0 radical (unpaired) electrons. The van der Waals surface area contributed by atoms with Crippen LogP contribution >= 0.6 is 0 Å². The lowest BCUT2D eigenvalue weighted by molar-refractivity contribution is 0.0689. The number of ether oxygens (including phenoxy) is 2. The monoisotopic (exact) mass is 516 g/mol. The van der Waals surface area contributed by atoms with Crippen molar-refractivity contribution < 1.29 is 23.8 Å². The SMILES string of the molecule is COc1cccc(Nc2cc(-c3cc4n(c3)CCN(Cc3cc(F)ccc3CO)C4=O)c(C)cn2)c1OC. The smallest absolute Gasteiger partial charge is 0.270 e. The summed E-state index contributed by atoms with van der Waals surface area (Å²) in [6, 6.07) is 13.6. The maximum absolute atomic E-state index is 13.8. The molecule has 2 aromatic carbocycles. The van der Waals surface area contributed by atoms with Crippen LogP contribution in [-0.2, 0) is 19.7 Å². The number of aliphatic hydroxyl groups excluding tert-OH is 1. The summed E-state index contributed by atoms with van der Waals surface area (Å²) in [5.74, 6) is 1.28. The molecule has 9 heteroatoms. The highest BCUT2D eigenvalue weighted by Gasteiger charge is 2.26. The van der Waals surface area contributed by atoms with Crippen molar-refractivity contribution in [2.75, 3.05) is 26.1 Å². The zero-order valence-corrected chi connectivity index (χ0v) is 21.5. The van der Waals surface area contributed by atoms with Gasteiger partial charge in [0.25, 0.3) is 5.91 Å². The zero-order chi connectivity index (χ0) is 26.8. The molecule has 5 rings (SSSR count). The second-order valence-electron chi connectivity index (χ2n) is 9.16. The second kappa shape index (κ2) is 10.5. The van der Waals surface area contributed by atoms with E-state index in [-0.39, 0.29) is 19.1 Å². The summed E-state index contributed by atoms with van der Waals surface area (Å²) < 4.78 is 26.7. The standard InChI is InChI=1S/C29H29FN4O4/c1-18-14-31-27(32-24-5-4-6-26(37-2)28(24)38-3)13-23(18)21-12-25-29(36)34(10-9-33(25)16-21)15-20-11-22(30)8-7-19(20)17-35/h4-8,11-14,16,35H,9-10,15,17H2,1-3H3,(H,31,32). The van der Waals surface area contributed by atoms with Crippen LogP contribution in [0.4, 0.5) is 15.9 Å². The Morgan fingerprint density at radius 3 is 2.68 bits per heavy atom. The summed E-state index contributed by atoms with van der Waals surface area (Å²) in [5.41, 5.74) is 5.31. The number of methoxy groups -OCH3 is 2. The molecule has 0 fully saturated rings. The number of fused-ring (bicyclic) bond motifs is 1. The minimum Gasteiger partial charge on any atom is -0.493 e. The number of nitrogens with one attached hydrogen (secondary N) is 1. The molecule has 196 valence electrons. The minimum atomic E-state index is -0.392. The molecule has 38 heavy (non-hydrogen) atoms. The van der Waals surface area contributed by atoms with E-state index >= 15 is 0 Å². The highest BCUT2D eigenvalue weighted by molar-refractivity contribution is 5.95. The van der Waals surface area contributed by atoms with E-state index in [1.54, 1.807) is 31.4 Å². The van der Waals surface area contributed by atoms with Crippen molar-refractivity contribution in [3.05, 3.63) is 89.1 Å². The van der Waals surface area contributed by atoms with E-state index in [9.17, 15) is 14.3 Å². The molecule has 1 amide bonds. The number of nitrogens with zero attached hydrogens (tertiary/aromatic N) is 3. The second-order valence-corrected chi connectivity index (χ2v) is 9.16. The first kappa shape index (κ1) is 25.3. The quantitative estimate of drug-likeness (QED) is 0.346. The van der Waals surface area contributed by atoms with Crippen LogP contribution in [0.3, 0.4) is 0 Å². The van der Waals surface area contributed by atoms with Gasteiger partial charge in [-0.25, -0.2) is 9.37 Å². The Labute approximate surface area is 220 Å². The third-order valence-corrected chi connectivity index (χ3v) is 6.79. The molecule has 1 aliphatic heterocycles. The number of rotatable bonds is 8. The number of hydrogen-bond donors (Lipinski definition) is 2. The molecule has 8 nitrogen and oxygen atoms in total. The number of hydrogen-bond acceptors (Lipinski definition) is 6. The van der Waals surface area contributed by atoms with Gasteiger partial charge in [0.2, 0.25) is 0 Å². The van der Waals surface area contributed by atoms with E-state index in [0.29, 0.717) is 47.2 Å². The van der Waals surface area contributed by atoms with Crippen LogP contribution in [0.5, 0.6) is 11.5 Å².